The SMILES string of the molecule is C=Cc1c(S(C)(=O)=O)ccc(C(=O)c2c[nH]n(C3CC3)c2=O)c1OC.O=S(Cl)Cl. The Morgan fingerprint density at radius 1 is 1.34 bits per heavy atom. The second-order valence-corrected chi connectivity index (χ2v) is 10.6. The van der Waals surface area contributed by atoms with Crippen LogP contribution >= 0.6 is 21.4 Å². The molecule has 1 heterocycles. The molecule has 1 aliphatic rings. The summed E-state index contributed by atoms with van der Waals surface area (Å²) in [6, 6.07) is 2.80. The molecule has 0 amide bonds. The smallest absolute Gasteiger partial charge is 0.277 e. The molecule has 12 heteroatoms. The van der Waals surface area contributed by atoms with E-state index in [1.165, 1.54) is 36.2 Å². The van der Waals surface area contributed by atoms with Gasteiger partial charge in [-0.15, -0.1) is 0 Å². The lowest BCUT2D eigenvalue weighted by atomic mass is 10.0. The first-order valence-corrected chi connectivity index (χ1v) is 12.8. The van der Waals surface area contributed by atoms with E-state index in [4.69, 9.17) is 8.95 Å². The summed E-state index contributed by atoms with van der Waals surface area (Å²) in [5.41, 5.74) is -0.0769. The van der Waals surface area contributed by atoms with Crippen molar-refractivity contribution in [1.82, 2.24) is 9.78 Å². The summed E-state index contributed by atoms with van der Waals surface area (Å²) >= 11 is 0. The van der Waals surface area contributed by atoms with Crippen molar-refractivity contribution in [3.05, 3.63) is 52.0 Å². The average Bonchev–Trinajstić information content (AvgIpc) is 3.40. The third kappa shape index (κ3) is 5.39. The van der Waals surface area contributed by atoms with Gasteiger partial charge in [-0.05, 0) is 25.0 Å². The number of ether oxygens (including phenoxy) is 1. The van der Waals surface area contributed by atoms with E-state index in [0.29, 0.717) is 0 Å². The van der Waals surface area contributed by atoms with Crippen LogP contribution in [0.25, 0.3) is 6.08 Å². The van der Waals surface area contributed by atoms with Crippen molar-refractivity contribution >= 4 is 52.3 Å². The van der Waals surface area contributed by atoms with Crippen LogP contribution in [0.3, 0.4) is 0 Å². The van der Waals surface area contributed by atoms with Gasteiger partial charge < -0.3 is 9.84 Å². The molecule has 3 rings (SSSR count). The molecular weight excluding hydrogens is 463 g/mol. The van der Waals surface area contributed by atoms with Crippen LogP contribution in [0.5, 0.6) is 5.75 Å². The van der Waals surface area contributed by atoms with E-state index < -0.39 is 24.8 Å². The van der Waals surface area contributed by atoms with Crippen molar-refractivity contribution < 1.29 is 22.2 Å². The van der Waals surface area contributed by atoms with Gasteiger partial charge in [0.05, 0.1) is 23.6 Å². The number of methoxy groups -OCH3 is 1. The molecule has 0 radical (unpaired) electrons. The summed E-state index contributed by atoms with van der Waals surface area (Å²) in [7, 11) is 5.17. The second-order valence-electron chi connectivity index (χ2n) is 6.14. The summed E-state index contributed by atoms with van der Waals surface area (Å²) in [5.74, 6) is -0.442. The zero-order valence-corrected chi connectivity index (χ0v) is 18.6. The van der Waals surface area contributed by atoms with Gasteiger partial charge in [-0.3, -0.25) is 9.59 Å². The summed E-state index contributed by atoms with van der Waals surface area (Å²) in [5, 5.41) is 2.81. The molecule has 1 aromatic carbocycles. The number of nitrogens with one attached hydrogen (secondary N) is 1. The van der Waals surface area contributed by atoms with E-state index in [2.05, 4.69) is 33.0 Å². The van der Waals surface area contributed by atoms with Crippen molar-refractivity contribution in [2.24, 2.45) is 0 Å². The van der Waals surface area contributed by atoms with E-state index in [9.17, 15) is 18.0 Å². The first kappa shape index (κ1) is 23.4. The third-order valence-electron chi connectivity index (χ3n) is 4.16. The molecule has 1 fully saturated rings. The van der Waals surface area contributed by atoms with Gasteiger partial charge in [0.25, 0.3) is 5.56 Å². The van der Waals surface area contributed by atoms with E-state index >= 15 is 0 Å². The van der Waals surface area contributed by atoms with Gasteiger partial charge in [0, 0.05) is 39.4 Å². The number of H-pyrrole nitrogens is 1. The molecule has 1 N–H and O–H groups in total. The fourth-order valence-corrected chi connectivity index (χ4v) is 3.68. The van der Waals surface area contributed by atoms with Crippen LogP contribution in [0.15, 0.2) is 34.6 Å². The highest BCUT2D eigenvalue weighted by Gasteiger charge is 2.29. The number of carbonyl (C=O) groups excluding carboxylic acids is 1. The molecule has 1 saturated carbocycles. The Morgan fingerprint density at radius 3 is 2.38 bits per heavy atom. The summed E-state index contributed by atoms with van der Waals surface area (Å²) in [6.45, 7) is 3.61. The molecule has 0 aliphatic heterocycles. The first-order valence-electron chi connectivity index (χ1n) is 8.15. The highest BCUT2D eigenvalue weighted by molar-refractivity contribution is 8.26. The van der Waals surface area contributed by atoms with Gasteiger partial charge in [0.15, 0.2) is 9.84 Å². The standard InChI is InChI=1S/C17H18N2O5S.Cl2OS/c1-4-11-14(25(3,22)23)8-7-12(16(11)24-2)15(20)13-9-18-19(17(13)21)10-5-6-10;1-4(2)3/h4,7-10,18H,1,5-6H2,2-3H3;. The van der Waals surface area contributed by atoms with Crippen LogP contribution in [-0.4, -0.2) is 41.6 Å². The van der Waals surface area contributed by atoms with Crippen LogP contribution in [0.1, 0.15) is 40.4 Å². The number of benzene rings is 1. The number of aromatic nitrogens is 2. The van der Waals surface area contributed by atoms with Gasteiger partial charge in [0.1, 0.15) is 11.3 Å². The minimum atomic E-state index is -3.53. The Balaban J connectivity index is 0.000000687. The Hall–Kier alpha value is -1.88. The van der Waals surface area contributed by atoms with Crippen molar-refractivity contribution in [1.29, 1.82) is 0 Å². The quantitative estimate of drug-likeness (QED) is 0.501. The number of sulfone groups is 1. The van der Waals surface area contributed by atoms with Gasteiger partial charge in [-0.25, -0.2) is 17.3 Å². The monoisotopic (exact) mass is 480 g/mol. The van der Waals surface area contributed by atoms with Gasteiger partial charge in [0.2, 0.25) is 15.0 Å². The van der Waals surface area contributed by atoms with E-state index in [1.807, 2.05) is 0 Å². The summed E-state index contributed by atoms with van der Waals surface area (Å²) in [4.78, 5) is 25.2. The zero-order chi connectivity index (χ0) is 21.9. The number of hydrogen-bond acceptors (Lipinski definition) is 6. The van der Waals surface area contributed by atoms with Crippen molar-refractivity contribution in [3.8, 4) is 5.75 Å². The van der Waals surface area contributed by atoms with Gasteiger partial charge >= 0.3 is 0 Å². The van der Waals surface area contributed by atoms with Crippen LogP contribution in [0.2, 0.25) is 0 Å². The van der Waals surface area contributed by atoms with Crippen molar-refractivity contribution in [2.75, 3.05) is 13.4 Å². The van der Waals surface area contributed by atoms with E-state index in [1.54, 1.807) is 0 Å². The lowest BCUT2D eigenvalue weighted by Gasteiger charge is -2.13. The molecule has 8 nitrogen and oxygen atoms in total. The molecule has 0 atom stereocenters. The van der Waals surface area contributed by atoms with E-state index in [0.717, 1.165) is 19.1 Å². The molecule has 1 aromatic heterocycles. The molecule has 0 unspecified atom stereocenters. The molecule has 29 heavy (non-hydrogen) atoms. The zero-order valence-electron chi connectivity index (χ0n) is 15.5. The number of rotatable bonds is 6. The molecule has 158 valence electrons. The highest BCUT2D eigenvalue weighted by Crippen LogP contribution is 2.34. The van der Waals surface area contributed by atoms with Crippen LogP contribution in [0, 0.1) is 0 Å². The molecule has 0 spiro atoms. The molecule has 0 bridgehead atoms. The Bertz CT molecular complexity index is 1130. The number of hydrogen-bond donors (Lipinski definition) is 1. The summed E-state index contributed by atoms with van der Waals surface area (Å²) < 4.78 is 39.7. The van der Waals surface area contributed by atoms with E-state index in [-0.39, 0.29) is 38.9 Å². The van der Waals surface area contributed by atoms with Crippen LogP contribution in [0.4, 0.5) is 0 Å². The maximum atomic E-state index is 12.8. The first-order chi connectivity index (χ1) is 13.5. The van der Waals surface area contributed by atoms with Crippen molar-refractivity contribution in [3.63, 3.8) is 0 Å². The molecule has 2 aromatic rings. The predicted molar refractivity (Wildman–Crippen MR) is 113 cm³/mol. The Kier molecular flexibility index (Phi) is 7.50. The minimum absolute atomic E-state index is 0.00711. The lowest BCUT2D eigenvalue weighted by molar-refractivity contribution is 0.103. The summed E-state index contributed by atoms with van der Waals surface area (Å²) in [6.07, 6.45) is 5.57. The number of halogens is 2. The second kappa shape index (κ2) is 9.29. The number of ketones is 1. The van der Waals surface area contributed by atoms with Gasteiger partial charge in [-0.2, -0.15) is 0 Å². The third-order valence-corrected chi connectivity index (χ3v) is 5.32. The molecule has 0 saturated heterocycles. The topological polar surface area (TPSA) is 115 Å². The lowest BCUT2D eigenvalue weighted by Crippen LogP contribution is -2.21. The van der Waals surface area contributed by atoms with Crippen LogP contribution in [-0.2, 0) is 19.1 Å². The maximum absolute atomic E-state index is 12.8. The molecule has 1 aliphatic carbocycles. The molecular formula is C17H18Cl2N2O6S2. The number of aromatic amines is 1. The largest absolute Gasteiger partial charge is 0.495 e. The Morgan fingerprint density at radius 2 is 1.93 bits per heavy atom. The number of carbonyl (C=O) groups is 1. The van der Waals surface area contributed by atoms with Crippen molar-refractivity contribution in [2.45, 2.75) is 23.8 Å². The highest BCUT2D eigenvalue weighted by atomic mass is 36.0. The van der Waals surface area contributed by atoms with Crippen LogP contribution < -0.4 is 10.3 Å². The Labute approximate surface area is 178 Å². The normalized spacial score (nSPS) is 13.6. The van der Waals surface area contributed by atoms with Gasteiger partial charge in [-0.1, -0.05) is 12.7 Å². The number of nitrogens with zero attached hydrogens (tertiary/aromatic N) is 1. The predicted octanol–water partition coefficient (Wildman–Crippen LogP) is 2.84. The fourth-order valence-electron chi connectivity index (χ4n) is 2.79. The maximum Gasteiger partial charge on any atom is 0.277 e. The minimum Gasteiger partial charge on any atom is -0.495 e. The average molecular weight is 481 g/mol. The fraction of sp³-hybridized carbons (Fsp3) is 0.294.